The Hall–Kier alpha value is 0.220. The standard InChI is InChI=1S/C14H32N2O6P2/c1-23(18,19)14(17,24(20,21)22)13-8-6-4-2-3-5-7-9-15-10-11-16-12-13/h13,15-17H,2-12H2,1H3,(H,18,19)(H2,20,21,22). The molecular weight excluding hydrogens is 354 g/mol. The lowest BCUT2D eigenvalue weighted by molar-refractivity contribution is 0.0867. The molecule has 0 bridgehead atoms. The monoisotopic (exact) mass is 386 g/mol. The van der Waals surface area contributed by atoms with Gasteiger partial charge in [-0.15, -0.1) is 0 Å². The van der Waals surface area contributed by atoms with Crippen molar-refractivity contribution in [2.45, 2.75) is 50.0 Å². The van der Waals surface area contributed by atoms with Gasteiger partial charge in [0.2, 0.25) is 12.5 Å². The van der Waals surface area contributed by atoms with E-state index in [2.05, 4.69) is 10.6 Å². The second-order valence-electron chi connectivity index (χ2n) is 6.67. The number of rotatable bonds is 3. The minimum absolute atomic E-state index is 0.0850. The number of nitrogens with one attached hydrogen (secondary N) is 2. The second-order valence-corrected chi connectivity index (χ2v) is 11.2. The minimum Gasteiger partial charge on any atom is -0.369 e. The molecule has 0 spiro atoms. The Bertz CT molecular complexity index is 428. The molecule has 6 N–H and O–H groups in total. The third-order valence-electron chi connectivity index (χ3n) is 4.61. The first-order valence-corrected chi connectivity index (χ1v) is 12.3. The van der Waals surface area contributed by atoms with Gasteiger partial charge in [-0.25, -0.2) is 0 Å². The molecule has 0 radical (unpaired) electrons. The molecule has 0 aliphatic carbocycles. The molecule has 3 atom stereocenters. The van der Waals surface area contributed by atoms with Crippen molar-refractivity contribution < 1.29 is 28.9 Å². The molecule has 24 heavy (non-hydrogen) atoms. The van der Waals surface area contributed by atoms with E-state index in [0.717, 1.165) is 45.3 Å². The molecule has 0 aromatic rings. The van der Waals surface area contributed by atoms with Gasteiger partial charge in [-0.1, -0.05) is 32.1 Å². The van der Waals surface area contributed by atoms with E-state index in [1.807, 2.05) is 0 Å². The predicted octanol–water partition coefficient (Wildman–Crippen LogP) is 1.25. The highest BCUT2D eigenvalue weighted by molar-refractivity contribution is 7.74. The molecule has 0 saturated carbocycles. The van der Waals surface area contributed by atoms with Crippen molar-refractivity contribution in [3.05, 3.63) is 0 Å². The van der Waals surface area contributed by atoms with Crippen molar-refractivity contribution in [2.24, 2.45) is 5.92 Å². The van der Waals surface area contributed by atoms with E-state index in [9.17, 15) is 28.9 Å². The van der Waals surface area contributed by atoms with E-state index in [1.54, 1.807) is 0 Å². The molecule has 0 amide bonds. The van der Waals surface area contributed by atoms with Gasteiger partial charge in [0.15, 0.2) is 0 Å². The number of hydrogen-bond donors (Lipinski definition) is 6. The zero-order valence-corrected chi connectivity index (χ0v) is 16.1. The summed E-state index contributed by atoms with van der Waals surface area (Å²) in [5.41, 5.74) is 0. The van der Waals surface area contributed by atoms with Gasteiger partial charge < -0.3 is 30.4 Å². The Morgan fingerprint density at radius 1 is 0.875 bits per heavy atom. The largest absolute Gasteiger partial charge is 0.369 e. The quantitative estimate of drug-likeness (QED) is 0.399. The maximum absolute atomic E-state index is 12.1. The molecule has 1 saturated heterocycles. The van der Waals surface area contributed by atoms with E-state index < -0.39 is 26.0 Å². The van der Waals surface area contributed by atoms with E-state index in [0.29, 0.717) is 25.9 Å². The van der Waals surface area contributed by atoms with Gasteiger partial charge in [-0.05, 0) is 19.4 Å². The van der Waals surface area contributed by atoms with Gasteiger partial charge in [0.1, 0.15) is 0 Å². The van der Waals surface area contributed by atoms with Crippen LogP contribution in [0.25, 0.3) is 0 Å². The van der Waals surface area contributed by atoms with Crippen LogP contribution in [0.15, 0.2) is 0 Å². The van der Waals surface area contributed by atoms with Gasteiger partial charge in [-0.3, -0.25) is 9.13 Å². The molecule has 3 unspecified atom stereocenters. The zero-order chi connectivity index (χ0) is 18.3. The van der Waals surface area contributed by atoms with Crippen LogP contribution >= 0.6 is 15.0 Å². The normalized spacial score (nSPS) is 28.3. The van der Waals surface area contributed by atoms with Gasteiger partial charge in [0.05, 0.1) is 0 Å². The van der Waals surface area contributed by atoms with Crippen molar-refractivity contribution in [1.29, 1.82) is 0 Å². The highest BCUT2D eigenvalue weighted by Crippen LogP contribution is 2.71. The first kappa shape index (κ1) is 22.3. The van der Waals surface area contributed by atoms with Crippen LogP contribution in [-0.2, 0) is 9.13 Å². The molecule has 1 fully saturated rings. The molecule has 8 nitrogen and oxygen atoms in total. The lowest BCUT2D eigenvalue weighted by Crippen LogP contribution is -2.44. The zero-order valence-electron chi connectivity index (χ0n) is 14.4. The van der Waals surface area contributed by atoms with E-state index in [1.165, 1.54) is 0 Å². The SMILES string of the molecule is CP(=O)(O)C(O)(C1CCCCCCCCNCCNC1)P(=O)(O)O. The average molecular weight is 386 g/mol. The predicted molar refractivity (Wildman–Crippen MR) is 94.3 cm³/mol. The second kappa shape index (κ2) is 9.79. The third-order valence-corrected chi connectivity index (χ3v) is 9.32. The highest BCUT2D eigenvalue weighted by atomic mass is 31.2. The summed E-state index contributed by atoms with van der Waals surface area (Å²) < 4.78 is 24.0. The summed E-state index contributed by atoms with van der Waals surface area (Å²) in [5, 5.41) is 14.0. The summed E-state index contributed by atoms with van der Waals surface area (Å²) in [6.45, 7) is 3.09. The minimum atomic E-state index is -5.18. The van der Waals surface area contributed by atoms with Crippen LogP contribution in [0.1, 0.15) is 44.9 Å². The molecule has 1 aliphatic heterocycles. The summed E-state index contributed by atoms with van der Waals surface area (Å²) in [7, 11) is -9.62. The average Bonchev–Trinajstić information content (AvgIpc) is 2.46. The van der Waals surface area contributed by atoms with Crippen LogP contribution in [0.3, 0.4) is 0 Å². The number of hydrogen-bond acceptors (Lipinski definition) is 5. The van der Waals surface area contributed by atoms with E-state index in [-0.39, 0.29) is 6.54 Å². The molecule has 1 heterocycles. The number of aliphatic hydroxyl groups is 1. The van der Waals surface area contributed by atoms with Gasteiger partial charge >= 0.3 is 7.60 Å². The highest BCUT2D eigenvalue weighted by Gasteiger charge is 2.61. The summed E-state index contributed by atoms with van der Waals surface area (Å²) in [6.07, 6.45) is 6.20. The smallest absolute Gasteiger partial charge is 0.367 e. The fraction of sp³-hybridized carbons (Fsp3) is 1.00. The van der Waals surface area contributed by atoms with Crippen LogP contribution in [0, 0.1) is 5.92 Å². The van der Waals surface area contributed by atoms with Gasteiger partial charge in [0.25, 0.3) is 0 Å². The molecule has 144 valence electrons. The van der Waals surface area contributed by atoms with E-state index in [4.69, 9.17) is 0 Å². The van der Waals surface area contributed by atoms with Crippen LogP contribution in [0.4, 0.5) is 0 Å². The Morgan fingerprint density at radius 3 is 2.00 bits per heavy atom. The molecule has 1 aliphatic rings. The molecule has 0 aromatic carbocycles. The Kier molecular flexibility index (Phi) is 9.08. The molecule has 0 aromatic heterocycles. The van der Waals surface area contributed by atoms with Crippen LogP contribution in [-0.4, -0.2) is 57.7 Å². The first-order valence-electron chi connectivity index (χ1n) is 8.60. The maximum Gasteiger partial charge on any atom is 0.367 e. The van der Waals surface area contributed by atoms with Crippen molar-refractivity contribution in [3.8, 4) is 0 Å². The molecule has 10 heteroatoms. The lowest BCUT2D eigenvalue weighted by Gasteiger charge is -2.38. The van der Waals surface area contributed by atoms with Gasteiger partial charge in [0, 0.05) is 32.2 Å². The fourth-order valence-corrected chi connectivity index (χ4v) is 6.70. The summed E-state index contributed by atoms with van der Waals surface area (Å²) in [4.78, 5) is 29.0. The molecular formula is C14H32N2O6P2. The van der Waals surface area contributed by atoms with Crippen molar-refractivity contribution in [2.75, 3.05) is 32.8 Å². The lowest BCUT2D eigenvalue weighted by atomic mass is 10.00. The fourth-order valence-electron chi connectivity index (χ4n) is 3.18. The van der Waals surface area contributed by atoms with Crippen molar-refractivity contribution >= 4 is 15.0 Å². The summed E-state index contributed by atoms with van der Waals surface area (Å²) in [6, 6.07) is 0. The Balaban J connectivity index is 2.90. The third kappa shape index (κ3) is 6.19. The van der Waals surface area contributed by atoms with E-state index >= 15 is 0 Å². The first-order chi connectivity index (χ1) is 11.1. The summed E-state index contributed by atoms with van der Waals surface area (Å²) >= 11 is 0. The topological polar surface area (TPSA) is 139 Å². The van der Waals surface area contributed by atoms with Crippen molar-refractivity contribution in [1.82, 2.24) is 10.6 Å². The summed E-state index contributed by atoms with van der Waals surface area (Å²) in [5.74, 6) is -0.984. The Labute approximate surface area is 144 Å². The van der Waals surface area contributed by atoms with Crippen molar-refractivity contribution in [3.63, 3.8) is 0 Å². The molecule has 1 rings (SSSR count). The maximum atomic E-state index is 12.1. The van der Waals surface area contributed by atoms with Crippen LogP contribution < -0.4 is 10.6 Å². The Morgan fingerprint density at radius 2 is 1.42 bits per heavy atom. The van der Waals surface area contributed by atoms with Gasteiger partial charge in [-0.2, -0.15) is 0 Å². The van der Waals surface area contributed by atoms with Crippen LogP contribution in [0.5, 0.6) is 0 Å². The van der Waals surface area contributed by atoms with Crippen LogP contribution in [0.2, 0.25) is 0 Å².